The van der Waals surface area contributed by atoms with Crippen LogP contribution < -0.4 is 5.32 Å². The zero-order valence-electron chi connectivity index (χ0n) is 27.9. The third-order valence-corrected chi connectivity index (χ3v) is 10.3. The molecule has 0 spiro atoms. The first-order valence-corrected chi connectivity index (χ1v) is 17.1. The van der Waals surface area contributed by atoms with Crippen LogP contribution in [0.2, 0.25) is 5.02 Å². The second kappa shape index (κ2) is 13.0. The van der Waals surface area contributed by atoms with Crippen molar-refractivity contribution in [1.82, 2.24) is 24.3 Å². The smallest absolute Gasteiger partial charge is 0.156 e. The molecule has 4 aromatic rings. The number of hydrogen-bond donors (Lipinski definition) is 2. The van der Waals surface area contributed by atoms with Gasteiger partial charge in [-0.1, -0.05) is 36.4 Å². The topological polar surface area (TPSA) is 81.8 Å². The van der Waals surface area contributed by atoms with Crippen molar-refractivity contribution in [3.63, 3.8) is 0 Å². The van der Waals surface area contributed by atoms with Crippen molar-refractivity contribution in [3.05, 3.63) is 99.4 Å². The van der Waals surface area contributed by atoms with Crippen molar-refractivity contribution in [3.8, 4) is 11.1 Å². The van der Waals surface area contributed by atoms with Gasteiger partial charge in [0.05, 0.1) is 40.8 Å². The molecule has 3 aliphatic heterocycles. The van der Waals surface area contributed by atoms with Crippen molar-refractivity contribution >= 4 is 34.4 Å². The van der Waals surface area contributed by atoms with E-state index in [1.807, 2.05) is 19.3 Å². The van der Waals surface area contributed by atoms with Crippen LogP contribution >= 0.6 is 11.6 Å². The van der Waals surface area contributed by atoms with Crippen molar-refractivity contribution in [2.45, 2.75) is 65.6 Å². The number of benzene rings is 2. The number of β-amino-alcohol motifs (C(OH)–C–C–N with tert-alkyl or cyclic N) is 1. The average molecular weight is 650 g/mol. The molecule has 0 bridgehead atoms. The molecule has 7 rings (SSSR count). The number of likely N-dealkylation sites (tertiary alicyclic amines) is 1. The summed E-state index contributed by atoms with van der Waals surface area (Å²) in [5.74, 6) is 0.818. The maximum atomic E-state index is 9.87. The van der Waals surface area contributed by atoms with Crippen LogP contribution in [-0.4, -0.2) is 67.4 Å². The Morgan fingerprint density at radius 2 is 1.83 bits per heavy atom. The summed E-state index contributed by atoms with van der Waals surface area (Å²) in [6.45, 7) is 16.0. The van der Waals surface area contributed by atoms with E-state index in [9.17, 15) is 5.11 Å². The Hall–Kier alpha value is -3.82. The van der Waals surface area contributed by atoms with Crippen molar-refractivity contribution in [2.75, 3.05) is 31.5 Å². The quantitative estimate of drug-likeness (QED) is 0.207. The number of rotatable bonds is 9. The zero-order chi connectivity index (χ0) is 32.8. The zero-order valence-corrected chi connectivity index (χ0v) is 28.7. The lowest BCUT2D eigenvalue weighted by Gasteiger charge is -2.27. The van der Waals surface area contributed by atoms with Gasteiger partial charge >= 0.3 is 0 Å². The number of pyridine rings is 1. The number of nitrogens with zero attached hydrogens (tertiary/aromatic N) is 6. The van der Waals surface area contributed by atoms with Gasteiger partial charge in [0.15, 0.2) is 5.82 Å². The number of aromatic nitrogens is 3. The summed E-state index contributed by atoms with van der Waals surface area (Å²) in [6, 6.07) is 10.8. The average Bonchev–Trinajstić information content (AvgIpc) is 3.78. The van der Waals surface area contributed by atoms with Gasteiger partial charge in [0.2, 0.25) is 0 Å². The van der Waals surface area contributed by atoms with E-state index in [0.29, 0.717) is 6.54 Å². The minimum atomic E-state index is -0.359. The van der Waals surface area contributed by atoms with E-state index in [0.717, 1.165) is 113 Å². The summed E-state index contributed by atoms with van der Waals surface area (Å²) in [6.07, 6.45) is 7.61. The Morgan fingerprint density at radius 3 is 2.62 bits per heavy atom. The highest BCUT2D eigenvalue weighted by Gasteiger charge is 2.26. The van der Waals surface area contributed by atoms with E-state index in [4.69, 9.17) is 21.6 Å². The number of hydrogen-bond acceptors (Lipinski definition) is 7. The van der Waals surface area contributed by atoms with Gasteiger partial charge < -0.3 is 15.0 Å². The fourth-order valence-corrected chi connectivity index (χ4v) is 7.82. The molecule has 3 aliphatic rings. The summed E-state index contributed by atoms with van der Waals surface area (Å²) >= 11 is 6.84. The second-order valence-electron chi connectivity index (χ2n) is 13.5. The lowest BCUT2D eigenvalue weighted by Crippen LogP contribution is -2.36. The van der Waals surface area contributed by atoms with Gasteiger partial charge in [0.25, 0.3) is 0 Å². The van der Waals surface area contributed by atoms with Crippen LogP contribution in [-0.2, 0) is 33.0 Å². The van der Waals surface area contributed by atoms with Crippen LogP contribution in [0.25, 0.3) is 16.8 Å². The van der Waals surface area contributed by atoms with E-state index in [2.05, 4.69) is 82.5 Å². The summed E-state index contributed by atoms with van der Waals surface area (Å²) in [4.78, 5) is 19.5. The van der Waals surface area contributed by atoms with Crippen LogP contribution in [0.4, 0.5) is 11.4 Å². The summed E-state index contributed by atoms with van der Waals surface area (Å²) < 4.78 is 2.15. The number of anilines is 1. The predicted molar refractivity (Wildman–Crippen MR) is 192 cm³/mol. The monoisotopic (exact) mass is 649 g/mol. The summed E-state index contributed by atoms with van der Waals surface area (Å²) in [7, 11) is 2.06. The first kappa shape index (κ1) is 31.8. The molecule has 0 radical (unpaired) electrons. The van der Waals surface area contributed by atoms with Crippen molar-refractivity contribution in [2.24, 2.45) is 12.0 Å². The first-order valence-electron chi connectivity index (χ1n) is 16.7. The SMILES string of the molecule is C=C(Nc1cncc(-c2cccc(C3=Nc4cc(CN5CCCC5)cc(Cl)c4C3)c2C)c1C)c1nc2c(n1C)CCN(CC(C)O)C2. The molecule has 0 saturated carbocycles. The van der Waals surface area contributed by atoms with Crippen LogP contribution in [0.15, 0.2) is 54.3 Å². The van der Waals surface area contributed by atoms with E-state index < -0.39 is 0 Å². The molecule has 2 aromatic heterocycles. The van der Waals surface area contributed by atoms with Crippen LogP contribution in [0.5, 0.6) is 0 Å². The Labute approximate surface area is 282 Å². The van der Waals surface area contributed by atoms with Gasteiger partial charge in [-0.2, -0.15) is 0 Å². The molecule has 5 heterocycles. The summed E-state index contributed by atoms with van der Waals surface area (Å²) in [5, 5.41) is 14.2. The fourth-order valence-electron chi connectivity index (χ4n) is 7.51. The van der Waals surface area contributed by atoms with Crippen molar-refractivity contribution < 1.29 is 5.11 Å². The number of aliphatic imine (C=N–C) groups is 1. The van der Waals surface area contributed by atoms with E-state index in [1.54, 1.807) is 0 Å². The molecule has 2 N–H and O–H groups in total. The highest BCUT2D eigenvalue weighted by molar-refractivity contribution is 6.32. The molecule has 8 nitrogen and oxygen atoms in total. The number of imidazole rings is 1. The third-order valence-electron chi connectivity index (χ3n) is 10.00. The maximum Gasteiger partial charge on any atom is 0.156 e. The van der Waals surface area contributed by atoms with Gasteiger partial charge in [0, 0.05) is 74.1 Å². The number of nitrogens with one attached hydrogen (secondary N) is 1. The second-order valence-corrected chi connectivity index (χ2v) is 13.9. The third kappa shape index (κ3) is 6.27. The molecule has 1 unspecified atom stereocenters. The van der Waals surface area contributed by atoms with Gasteiger partial charge in [-0.3, -0.25) is 19.8 Å². The van der Waals surface area contributed by atoms with Crippen LogP contribution in [0.1, 0.15) is 64.8 Å². The lowest BCUT2D eigenvalue weighted by molar-refractivity contribution is 0.117. The number of halogens is 1. The maximum absolute atomic E-state index is 9.87. The standard InChI is InChI=1S/C38H44ClN7O/c1-23(47)20-46-14-11-37-36(22-46)43-38(44(37)5)26(4)41-35-19-40-18-31(25(35)3)28-9-8-10-29(24(28)2)34-17-30-32(39)15-27(16-33(30)42-34)21-45-12-6-7-13-45/h8-10,15-16,18-19,23,41,47H,4,6-7,11-14,17,20-22H2,1-3,5H3. The van der Waals surface area contributed by atoms with Gasteiger partial charge in [-0.25, -0.2) is 4.98 Å². The molecule has 9 heteroatoms. The minimum Gasteiger partial charge on any atom is -0.392 e. The Balaban J connectivity index is 1.13. The molecular formula is C38H44ClN7O. The fraction of sp³-hybridized carbons (Fsp3) is 0.395. The lowest BCUT2D eigenvalue weighted by atomic mass is 9.91. The van der Waals surface area contributed by atoms with E-state index in [1.165, 1.54) is 29.7 Å². The molecule has 2 aromatic carbocycles. The Kier molecular flexibility index (Phi) is 8.78. The molecule has 0 aliphatic carbocycles. The normalized spacial score (nSPS) is 17.0. The Bertz CT molecular complexity index is 1890. The first-order chi connectivity index (χ1) is 22.7. The number of aliphatic hydroxyl groups is 1. The van der Waals surface area contributed by atoms with E-state index >= 15 is 0 Å². The minimum absolute atomic E-state index is 0.359. The van der Waals surface area contributed by atoms with Crippen LogP contribution in [0.3, 0.4) is 0 Å². The molecule has 1 atom stereocenters. The molecule has 244 valence electrons. The Morgan fingerprint density at radius 1 is 1.04 bits per heavy atom. The highest BCUT2D eigenvalue weighted by atomic mass is 35.5. The van der Waals surface area contributed by atoms with Crippen LogP contribution in [0, 0.1) is 13.8 Å². The summed E-state index contributed by atoms with van der Waals surface area (Å²) in [5.41, 5.74) is 13.9. The molecular weight excluding hydrogens is 606 g/mol. The molecule has 1 saturated heterocycles. The highest BCUT2D eigenvalue weighted by Crippen LogP contribution is 2.39. The van der Waals surface area contributed by atoms with Gasteiger partial charge in [0.1, 0.15) is 0 Å². The van der Waals surface area contributed by atoms with Gasteiger partial charge in [-0.15, -0.1) is 0 Å². The van der Waals surface area contributed by atoms with E-state index in [-0.39, 0.29) is 6.10 Å². The predicted octanol–water partition coefficient (Wildman–Crippen LogP) is 6.85. The number of fused-ring (bicyclic) bond motifs is 2. The molecule has 0 amide bonds. The van der Waals surface area contributed by atoms with Gasteiger partial charge in [-0.05, 0) is 86.7 Å². The van der Waals surface area contributed by atoms with Crippen molar-refractivity contribution in [1.29, 1.82) is 0 Å². The number of aliphatic hydroxyl groups excluding tert-OH is 1. The largest absolute Gasteiger partial charge is 0.392 e. The molecule has 1 fully saturated rings. The molecule has 47 heavy (non-hydrogen) atoms.